The number of hydrogen-bond acceptors (Lipinski definition) is 4. The number of hydrogen-bond donors (Lipinski definition) is 1. The first-order valence-electron chi connectivity index (χ1n) is 5.72. The molecular weight excluding hydrogens is 232 g/mol. The van der Waals surface area contributed by atoms with Crippen LogP contribution >= 0.6 is 11.8 Å². The zero-order chi connectivity index (χ0) is 12.5. The summed E-state index contributed by atoms with van der Waals surface area (Å²) in [6, 6.07) is 7.67. The van der Waals surface area contributed by atoms with Gasteiger partial charge in [-0.05, 0) is 30.1 Å². The van der Waals surface area contributed by atoms with Crippen LogP contribution in [-0.2, 0) is 0 Å². The van der Waals surface area contributed by atoms with Crippen molar-refractivity contribution in [3.8, 4) is 11.8 Å². The molecular formula is C13H18N2OS. The summed E-state index contributed by atoms with van der Waals surface area (Å²) >= 11 is 1.93. The van der Waals surface area contributed by atoms with Crippen LogP contribution in [0, 0.1) is 11.3 Å². The summed E-state index contributed by atoms with van der Waals surface area (Å²) < 4.78 is 5.25. The van der Waals surface area contributed by atoms with Crippen LogP contribution < -0.4 is 10.1 Å². The molecule has 0 fully saturated rings. The molecule has 1 aromatic rings. The van der Waals surface area contributed by atoms with Crippen molar-refractivity contribution in [1.82, 2.24) is 0 Å². The molecule has 1 N–H and O–H groups in total. The molecule has 0 aliphatic heterocycles. The third kappa shape index (κ3) is 4.20. The molecule has 0 unspecified atom stereocenters. The molecule has 0 spiro atoms. The summed E-state index contributed by atoms with van der Waals surface area (Å²) in [5, 5.41) is 12.3. The monoisotopic (exact) mass is 250 g/mol. The standard InChI is InChI=1S/C13H18N2OS/c1-3-17-9-5-8-15-13-11(10-14)6-4-7-12(13)16-2/h4,6-7,15H,3,5,8-9H2,1-2H3. The molecule has 0 aromatic heterocycles. The van der Waals surface area contributed by atoms with Gasteiger partial charge < -0.3 is 10.1 Å². The average Bonchev–Trinajstić information content (AvgIpc) is 2.38. The summed E-state index contributed by atoms with van der Waals surface area (Å²) in [7, 11) is 1.62. The van der Waals surface area contributed by atoms with Crippen molar-refractivity contribution < 1.29 is 4.74 Å². The van der Waals surface area contributed by atoms with E-state index in [1.54, 1.807) is 13.2 Å². The van der Waals surface area contributed by atoms with E-state index in [1.807, 2.05) is 23.9 Å². The lowest BCUT2D eigenvalue weighted by Crippen LogP contribution is -2.06. The van der Waals surface area contributed by atoms with Crippen LogP contribution in [0.4, 0.5) is 5.69 Å². The van der Waals surface area contributed by atoms with Crippen molar-refractivity contribution >= 4 is 17.4 Å². The fourth-order valence-corrected chi connectivity index (χ4v) is 2.15. The van der Waals surface area contributed by atoms with Gasteiger partial charge in [-0.1, -0.05) is 13.0 Å². The summed E-state index contributed by atoms with van der Waals surface area (Å²) in [6.45, 7) is 3.02. The summed E-state index contributed by atoms with van der Waals surface area (Å²) in [6.07, 6.45) is 1.08. The highest BCUT2D eigenvalue weighted by Gasteiger charge is 2.07. The molecule has 0 bridgehead atoms. The largest absolute Gasteiger partial charge is 0.495 e. The van der Waals surface area contributed by atoms with Crippen molar-refractivity contribution in [2.45, 2.75) is 13.3 Å². The lowest BCUT2D eigenvalue weighted by atomic mass is 10.1. The predicted octanol–water partition coefficient (Wildman–Crippen LogP) is 3.12. The van der Waals surface area contributed by atoms with Crippen molar-refractivity contribution in [2.24, 2.45) is 0 Å². The second kappa shape index (κ2) is 7.86. The van der Waals surface area contributed by atoms with Crippen molar-refractivity contribution in [3.05, 3.63) is 23.8 Å². The Kier molecular flexibility index (Phi) is 6.34. The Labute approximate surface area is 107 Å². The molecule has 0 aliphatic rings. The highest BCUT2D eigenvalue weighted by atomic mass is 32.2. The minimum absolute atomic E-state index is 0.632. The van der Waals surface area contributed by atoms with E-state index in [2.05, 4.69) is 18.3 Å². The molecule has 0 amide bonds. The van der Waals surface area contributed by atoms with E-state index in [0.717, 1.165) is 35.9 Å². The molecule has 4 heteroatoms. The van der Waals surface area contributed by atoms with Crippen LogP contribution in [0.2, 0.25) is 0 Å². The predicted molar refractivity (Wildman–Crippen MR) is 73.8 cm³/mol. The lowest BCUT2D eigenvalue weighted by Gasteiger charge is -2.12. The molecule has 92 valence electrons. The molecule has 1 aromatic carbocycles. The third-order valence-corrected chi connectivity index (χ3v) is 3.32. The highest BCUT2D eigenvalue weighted by Crippen LogP contribution is 2.27. The Hall–Kier alpha value is -1.34. The van der Waals surface area contributed by atoms with Gasteiger partial charge in [-0.15, -0.1) is 0 Å². The number of methoxy groups -OCH3 is 1. The molecule has 0 heterocycles. The second-order valence-electron chi connectivity index (χ2n) is 3.47. The van der Waals surface area contributed by atoms with E-state index in [1.165, 1.54) is 0 Å². The van der Waals surface area contributed by atoms with E-state index in [4.69, 9.17) is 10.00 Å². The molecule has 17 heavy (non-hydrogen) atoms. The van der Waals surface area contributed by atoms with Gasteiger partial charge in [-0.25, -0.2) is 0 Å². The van der Waals surface area contributed by atoms with Gasteiger partial charge in [0, 0.05) is 6.54 Å². The Balaban J connectivity index is 2.59. The van der Waals surface area contributed by atoms with Gasteiger partial charge >= 0.3 is 0 Å². The number of thioether (sulfide) groups is 1. The van der Waals surface area contributed by atoms with Crippen LogP contribution in [0.25, 0.3) is 0 Å². The van der Waals surface area contributed by atoms with E-state index in [0.29, 0.717) is 5.56 Å². The Bertz CT molecular complexity index is 387. The van der Waals surface area contributed by atoms with E-state index in [9.17, 15) is 0 Å². The maximum atomic E-state index is 9.03. The molecule has 0 atom stereocenters. The third-order valence-electron chi connectivity index (χ3n) is 2.34. The smallest absolute Gasteiger partial charge is 0.143 e. The normalized spacial score (nSPS) is 9.71. The summed E-state index contributed by atoms with van der Waals surface area (Å²) in [5.41, 5.74) is 1.44. The van der Waals surface area contributed by atoms with Crippen LogP contribution in [-0.4, -0.2) is 25.2 Å². The minimum Gasteiger partial charge on any atom is -0.495 e. The summed E-state index contributed by atoms with van der Waals surface area (Å²) in [5.74, 6) is 3.02. The maximum absolute atomic E-state index is 9.03. The lowest BCUT2D eigenvalue weighted by molar-refractivity contribution is 0.416. The zero-order valence-electron chi connectivity index (χ0n) is 10.3. The second-order valence-corrected chi connectivity index (χ2v) is 4.87. The quantitative estimate of drug-likeness (QED) is 0.755. The summed E-state index contributed by atoms with van der Waals surface area (Å²) in [4.78, 5) is 0. The number of nitrogens with one attached hydrogen (secondary N) is 1. The van der Waals surface area contributed by atoms with Gasteiger partial charge in [0.15, 0.2) is 0 Å². The first kappa shape index (κ1) is 13.7. The van der Waals surface area contributed by atoms with Crippen LogP contribution in [0.3, 0.4) is 0 Å². The first-order valence-corrected chi connectivity index (χ1v) is 6.87. The molecule has 1 rings (SSSR count). The number of nitriles is 1. The Morgan fingerprint density at radius 2 is 2.29 bits per heavy atom. The number of ether oxygens (including phenoxy) is 1. The Morgan fingerprint density at radius 3 is 2.94 bits per heavy atom. The Morgan fingerprint density at radius 1 is 1.47 bits per heavy atom. The number of rotatable bonds is 7. The fraction of sp³-hybridized carbons (Fsp3) is 0.462. The maximum Gasteiger partial charge on any atom is 0.143 e. The van der Waals surface area contributed by atoms with Gasteiger partial charge in [0.25, 0.3) is 0 Å². The van der Waals surface area contributed by atoms with Crippen LogP contribution in [0.15, 0.2) is 18.2 Å². The molecule has 0 radical (unpaired) electrons. The van der Waals surface area contributed by atoms with Crippen molar-refractivity contribution in [2.75, 3.05) is 30.5 Å². The first-order chi connectivity index (χ1) is 8.33. The van der Waals surface area contributed by atoms with Gasteiger partial charge in [0.1, 0.15) is 11.8 Å². The molecule has 0 aliphatic carbocycles. The number of nitrogens with zero attached hydrogens (tertiary/aromatic N) is 1. The van der Waals surface area contributed by atoms with Crippen LogP contribution in [0.1, 0.15) is 18.9 Å². The van der Waals surface area contributed by atoms with Gasteiger partial charge in [0.2, 0.25) is 0 Å². The van der Waals surface area contributed by atoms with Crippen molar-refractivity contribution in [3.63, 3.8) is 0 Å². The highest BCUT2D eigenvalue weighted by molar-refractivity contribution is 7.99. The average molecular weight is 250 g/mol. The zero-order valence-corrected chi connectivity index (χ0v) is 11.1. The van der Waals surface area contributed by atoms with E-state index >= 15 is 0 Å². The topological polar surface area (TPSA) is 45.0 Å². The van der Waals surface area contributed by atoms with Gasteiger partial charge in [0.05, 0.1) is 18.4 Å². The number of anilines is 1. The van der Waals surface area contributed by atoms with Gasteiger partial charge in [-0.2, -0.15) is 17.0 Å². The molecule has 0 saturated carbocycles. The molecule has 3 nitrogen and oxygen atoms in total. The van der Waals surface area contributed by atoms with E-state index in [-0.39, 0.29) is 0 Å². The number of para-hydroxylation sites is 1. The van der Waals surface area contributed by atoms with Crippen LogP contribution in [0.5, 0.6) is 5.75 Å². The van der Waals surface area contributed by atoms with E-state index < -0.39 is 0 Å². The van der Waals surface area contributed by atoms with Crippen molar-refractivity contribution in [1.29, 1.82) is 5.26 Å². The fourth-order valence-electron chi connectivity index (χ4n) is 1.51. The molecule has 0 saturated heterocycles. The number of benzene rings is 1. The minimum atomic E-state index is 0.632. The van der Waals surface area contributed by atoms with Gasteiger partial charge in [-0.3, -0.25) is 0 Å². The SMILES string of the molecule is CCSCCCNc1c(C#N)cccc1OC.